The molecule has 15 heavy (non-hydrogen) atoms. The van der Waals surface area contributed by atoms with E-state index in [9.17, 15) is 0 Å². The highest BCUT2D eigenvalue weighted by Gasteiger charge is 2.15. The Bertz CT molecular complexity index is 344. The minimum atomic E-state index is -0.181. The van der Waals surface area contributed by atoms with Crippen molar-refractivity contribution in [2.24, 2.45) is 5.41 Å². The summed E-state index contributed by atoms with van der Waals surface area (Å²) in [6.07, 6.45) is 7.06. The normalized spacial score (nSPS) is 11.3. The molecule has 0 bridgehead atoms. The minimum absolute atomic E-state index is 0.181. The number of unbranched alkanes of at least 4 members (excludes halogenated alkanes) is 1. The minimum Gasteiger partial charge on any atom is -0.272 e. The van der Waals surface area contributed by atoms with Crippen LogP contribution in [0.3, 0.4) is 0 Å². The van der Waals surface area contributed by atoms with E-state index in [-0.39, 0.29) is 5.41 Å². The number of rotatable bonds is 5. The average molecular weight is 205 g/mol. The Morgan fingerprint density at radius 1 is 1.47 bits per heavy atom. The summed E-state index contributed by atoms with van der Waals surface area (Å²) in [5.41, 5.74) is 1.02. The lowest BCUT2D eigenvalue weighted by atomic mass is 9.89. The van der Waals surface area contributed by atoms with Gasteiger partial charge in [0, 0.05) is 12.7 Å². The monoisotopic (exact) mass is 205 g/mol. The Morgan fingerprint density at radius 3 is 2.73 bits per heavy atom. The zero-order valence-electron chi connectivity index (χ0n) is 9.82. The van der Waals surface area contributed by atoms with Crippen molar-refractivity contribution in [2.75, 3.05) is 0 Å². The first kappa shape index (κ1) is 11.8. The zero-order chi connectivity index (χ0) is 11.3. The molecule has 1 aromatic heterocycles. The van der Waals surface area contributed by atoms with Gasteiger partial charge in [-0.1, -0.05) is 6.42 Å². The Balaban J connectivity index is 2.21. The van der Waals surface area contributed by atoms with Gasteiger partial charge >= 0.3 is 0 Å². The molecule has 1 heterocycles. The van der Waals surface area contributed by atoms with Crippen molar-refractivity contribution in [2.45, 2.75) is 46.6 Å². The molecule has 0 aliphatic rings. The Hall–Kier alpha value is -1.30. The third-order valence-corrected chi connectivity index (χ3v) is 2.50. The predicted molar refractivity (Wildman–Crippen MR) is 60.2 cm³/mol. The first-order valence-corrected chi connectivity index (χ1v) is 5.44. The van der Waals surface area contributed by atoms with Gasteiger partial charge < -0.3 is 0 Å². The molecule has 1 rings (SSSR count). The van der Waals surface area contributed by atoms with Crippen molar-refractivity contribution in [3.05, 3.63) is 18.0 Å². The SMILES string of the molecule is Cc1cnn(CCCCC(C)(C)C#N)c1. The first-order chi connectivity index (χ1) is 7.03. The van der Waals surface area contributed by atoms with Gasteiger partial charge in [-0.05, 0) is 39.2 Å². The zero-order valence-corrected chi connectivity index (χ0v) is 9.82. The van der Waals surface area contributed by atoms with Gasteiger partial charge in [0.05, 0.1) is 17.7 Å². The smallest absolute Gasteiger partial charge is 0.0683 e. The van der Waals surface area contributed by atoms with E-state index in [1.165, 1.54) is 5.56 Å². The fraction of sp³-hybridized carbons (Fsp3) is 0.667. The van der Waals surface area contributed by atoms with Crippen molar-refractivity contribution in [3.63, 3.8) is 0 Å². The summed E-state index contributed by atoms with van der Waals surface area (Å²) in [6.45, 7) is 6.98. The maximum absolute atomic E-state index is 8.85. The van der Waals surface area contributed by atoms with Gasteiger partial charge in [0.25, 0.3) is 0 Å². The van der Waals surface area contributed by atoms with Gasteiger partial charge in [-0.2, -0.15) is 10.4 Å². The van der Waals surface area contributed by atoms with E-state index in [0.717, 1.165) is 25.8 Å². The lowest BCUT2D eigenvalue weighted by molar-refractivity contribution is 0.412. The second-order valence-corrected chi connectivity index (χ2v) is 4.73. The van der Waals surface area contributed by atoms with Crippen molar-refractivity contribution in [1.82, 2.24) is 9.78 Å². The van der Waals surface area contributed by atoms with Crippen molar-refractivity contribution >= 4 is 0 Å². The molecule has 0 radical (unpaired) electrons. The average Bonchev–Trinajstić information content (AvgIpc) is 2.59. The van der Waals surface area contributed by atoms with Crippen LogP contribution in [0, 0.1) is 23.7 Å². The topological polar surface area (TPSA) is 41.6 Å². The molecule has 0 saturated carbocycles. The maximum atomic E-state index is 8.85. The summed E-state index contributed by atoms with van der Waals surface area (Å²) in [5, 5.41) is 13.1. The molecule has 3 nitrogen and oxygen atoms in total. The van der Waals surface area contributed by atoms with E-state index in [0.29, 0.717) is 0 Å². The summed E-state index contributed by atoms with van der Waals surface area (Å²) in [4.78, 5) is 0. The van der Waals surface area contributed by atoms with Crippen LogP contribution in [0.4, 0.5) is 0 Å². The molecule has 82 valence electrons. The fourth-order valence-corrected chi connectivity index (χ4v) is 1.49. The quantitative estimate of drug-likeness (QED) is 0.693. The molecule has 0 aromatic carbocycles. The van der Waals surface area contributed by atoms with E-state index in [1.807, 2.05) is 31.6 Å². The van der Waals surface area contributed by atoms with E-state index < -0.39 is 0 Å². The second-order valence-electron chi connectivity index (χ2n) is 4.73. The van der Waals surface area contributed by atoms with Crippen molar-refractivity contribution in [3.8, 4) is 6.07 Å². The molecule has 0 saturated heterocycles. The fourth-order valence-electron chi connectivity index (χ4n) is 1.49. The molecule has 1 aromatic rings. The van der Waals surface area contributed by atoms with Crippen LogP contribution >= 0.6 is 0 Å². The third-order valence-electron chi connectivity index (χ3n) is 2.50. The number of hydrogen-bond acceptors (Lipinski definition) is 2. The Kier molecular flexibility index (Phi) is 3.90. The number of hydrogen-bond donors (Lipinski definition) is 0. The van der Waals surface area contributed by atoms with Gasteiger partial charge in [0.1, 0.15) is 0 Å². The van der Waals surface area contributed by atoms with E-state index in [2.05, 4.69) is 17.4 Å². The van der Waals surface area contributed by atoms with Gasteiger partial charge in [-0.3, -0.25) is 4.68 Å². The van der Waals surface area contributed by atoms with Crippen molar-refractivity contribution in [1.29, 1.82) is 5.26 Å². The lowest BCUT2D eigenvalue weighted by Crippen LogP contribution is -2.08. The maximum Gasteiger partial charge on any atom is 0.0683 e. The highest BCUT2D eigenvalue weighted by molar-refractivity contribution is 4.99. The van der Waals surface area contributed by atoms with Crippen LogP contribution in [0.5, 0.6) is 0 Å². The molecule has 0 aliphatic heterocycles. The first-order valence-electron chi connectivity index (χ1n) is 5.44. The number of nitriles is 1. The second kappa shape index (κ2) is 4.97. The van der Waals surface area contributed by atoms with Gasteiger partial charge in [-0.15, -0.1) is 0 Å². The molecule has 0 spiro atoms. The molecule has 0 amide bonds. The van der Waals surface area contributed by atoms with E-state index >= 15 is 0 Å². The van der Waals surface area contributed by atoms with E-state index in [1.54, 1.807) is 0 Å². The van der Waals surface area contributed by atoms with Crippen LogP contribution in [0.25, 0.3) is 0 Å². The third kappa shape index (κ3) is 4.16. The molecule has 3 heteroatoms. The van der Waals surface area contributed by atoms with Crippen LogP contribution in [-0.2, 0) is 6.54 Å². The number of nitrogens with zero attached hydrogens (tertiary/aromatic N) is 3. The molecular formula is C12H19N3. The number of aryl methyl sites for hydroxylation is 2. The molecule has 0 fully saturated rings. The predicted octanol–water partition coefficient (Wildman–Crippen LogP) is 2.91. The van der Waals surface area contributed by atoms with E-state index in [4.69, 9.17) is 5.26 Å². The largest absolute Gasteiger partial charge is 0.272 e. The van der Waals surface area contributed by atoms with Crippen molar-refractivity contribution < 1.29 is 0 Å². The van der Waals surface area contributed by atoms with Gasteiger partial charge in [0.15, 0.2) is 0 Å². The molecular weight excluding hydrogens is 186 g/mol. The standard InChI is InChI=1S/C12H19N3/c1-11-8-14-15(9-11)7-5-4-6-12(2,3)10-13/h8-9H,4-7H2,1-3H3. The molecule has 0 N–H and O–H groups in total. The summed E-state index contributed by atoms with van der Waals surface area (Å²) in [7, 11) is 0. The lowest BCUT2D eigenvalue weighted by Gasteiger charge is -2.14. The number of aromatic nitrogens is 2. The van der Waals surface area contributed by atoms with Crippen LogP contribution in [-0.4, -0.2) is 9.78 Å². The van der Waals surface area contributed by atoms with Crippen LogP contribution in [0.1, 0.15) is 38.7 Å². The summed E-state index contributed by atoms with van der Waals surface area (Å²) in [6, 6.07) is 2.32. The highest BCUT2D eigenvalue weighted by atomic mass is 15.3. The Labute approximate surface area is 91.7 Å². The highest BCUT2D eigenvalue weighted by Crippen LogP contribution is 2.21. The summed E-state index contributed by atoms with van der Waals surface area (Å²) < 4.78 is 1.97. The van der Waals surface area contributed by atoms with Gasteiger partial charge in [-0.25, -0.2) is 0 Å². The summed E-state index contributed by atoms with van der Waals surface area (Å²) in [5.74, 6) is 0. The summed E-state index contributed by atoms with van der Waals surface area (Å²) >= 11 is 0. The van der Waals surface area contributed by atoms with Crippen LogP contribution in [0.2, 0.25) is 0 Å². The van der Waals surface area contributed by atoms with Crippen LogP contribution in [0.15, 0.2) is 12.4 Å². The van der Waals surface area contributed by atoms with Crippen LogP contribution < -0.4 is 0 Å². The molecule has 0 aliphatic carbocycles. The molecule has 0 atom stereocenters. The van der Waals surface area contributed by atoms with Gasteiger partial charge in [0.2, 0.25) is 0 Å². The molecule has 0 unspecified atom stereocenters. The Morgan fingerprint density at radius 2 is 2.20 bits per heavy atom.